The maximum absolute atomic E-state index is 13.9. The van der Waals surface area contributed by atoms with Crippen LogP contribution in [0.15, 0.2) is 41.3 Å². The highest BCUT2D eigenvalue weighted by Crippen LogP contribution is 2.18. The van der Waals surface area contributed by atoms with Crippen molar-refractivity contribution in [3.63, 3.8) is 0 Å². The van der Waals surface area contributed by atoms with Crippen molar-refractivity contribution in [1.29, 1.82) is 0 Å². The molecule has 1 aliphatic rings. The Balaban J connectivity index is 1.37. The minimum Gasteiger partial charge on any atom is -0.355 e. The highest BCUT2D eigenvalue weighted by atomic mass is 19.1. The van der Waals surface area contributed by atoms with Crippen molar-refractivity contribution in [3.8, 4) is 0 Å². The Labute approximate surface area is 175 Å². The second-order valence-corrected chi connectivity index (χ2v) is 8.19. The molecule has 0 saturated carbocycles. The van der Waals surface area contributed by atoms with Crippen molar-refractivity contribution in [1.82, 2.24) is 19.2 Å². The Morgan fingerprint density at radius 3 is 2.87 bits per heavy atom. The minimum absolute atomic E-state index is 0.00744. The van der Waals surface area contributed by atoms with Gasteiger partial charge in [-0.05, 0) is 63.1 Å². The first-order valence-corrected chi connectivity index (χ1v) is 10.8. The number of aromatic nitrogens is 2. The van der Waals surface area contributed by atoms with Crippen LogP contribution >= 0.6 is 0 Å². The van der Waals surface area contributed by atoms with E-state index in [-0.39, 0.29) is 17.3 Å². The van der Waals surface area contributed by atoms with Gasteiger partial charge in [0.25, 0.3) is 5.56 Å². The van der Waals surface area contributed by atoms with E-state index >= 15 is 0 Å². The van der Waals surface area contributed by atoms with Gasteiger partial charge in [-0.1, -0.05) is 6.42 Å². The monoisotopic (exact) mass is 412 g/mol. The van der Waals surface area contributed by atoms with Crippen LogP contribution in [0.5, 0.6) is 0 Å². The quantitative estimate of drug-likeness (QED) is 0.649. The number of benzene rings is 1. The summed E-state index contributed by atoms with van der Waals surface area (Å²) < 4.78 is 17.2. The summed E-state index contributed by atoms with van der Waals surface area (Å²) in [5.41, 5.74) is 1.70. The molecule has 2 aromatic heterocycles. The second-order valence-electron chi connectivity index (χ2n) is 8.19. The van der Waals surface area contributed by atoms with Gasteiger partial charge in [-0.2, -0.15) is 0 Å². The number of hydrogen-bond donors (Lipinski definition) is 1. The van der Waals surface area contributed by atoms with Gasteiger partial charge in [-0.15, -0.1) is 0 Å². The van der Waals surface area contributed by atoms with E-state index in [2.05, 4.69) is 17.1 Å². The van der Waals surface area contributed by atoms with Crippen molar-refractivity contribution in [2.45, 2.75) is 51.6 Å². The lowest BCUT2D eigenvalue weighted by molar-refractivity contribution is -0.121. The zero-order valence-electron chi connectivity index (χ0n) is 17.4. The van der Waals surface area contributed by atoms with Crippen LogP contribution in [0.4, 0.5) is 4.39 Å². The molecule has 1 unspecified atom stereocenters. The van der Waals surface area contributed by atoms with Gasteiger partial charge in [0.15, 0.2) is 0 Å². The van der Waals surface area contributed by atoms with Gasteiger partial charge in [0.05, 0.1) is 11.0 Å². The van der Waals surface area contributed by atoms with Crippen molar-refractivity contribution in [2.24, 2.45) is 0 Å². The Morgan fingerprint density at radius 2 is 2.03 bits per heavy atom. The summed E-state index contributed by atoms with van der Waals surface area (Å²) in [5.74, 6) is -0.390. The van der Waals surface area contributed by atoms with E-state index in [9.17, 15) is 14.0 Å². The number of hydrogen-bond acceptors (Lipinski definition) is 3. The summed E-state index contributed by atoms with van der Waals surface area (Å²) in [6, 6.07) is 8.61. The van der Waals surface area contributed by atoms with Crippen molar-refractivity contribution < 1.29 is 9.18 Å². The van der Waals surface area contributed by atoms with Crippen LogP contribution in [0.2, 0.25) is 0 Å². The molecule has 0 bridgehead atoms. The van der Waals surface area contributed by atoms with Crippen molar-refractivity contribution >= 4 is 22.5 Å². The van der Waals surface area contributed by atoms with Gasteiger partial charge in [0, 0.05) is 38.3 Å². The summed E-state index contributed by atoms with van der Waals surface area (Å²) in [6.07, 6.45) is 6.41. The summed E-state index contributed by atoms with van der Waals surface area (Å²) in [6.45, 7) is 5.24. The van der Waals surface area contributed by atoms with Crippen LogP contribution < -0.4 is 10.9 Å². The summed E-state index contributed by atoms with van der Waals surface area (Å²) >= 11 is 0. The molecule has 160 valence electrons. The number of likely N-dealkylation sites (tertiary alicyclic amines) is 1. The van der Waals surface area contributed by atoms with E-state index in [1.807, 2.05) is 0 Å². The normalized spacial score (nSPS) is 17.6. The molecule has 1 aliphatic heterocycles. The summed E-state index contributed by atoms with van der Waals surface area (Å²) in [7, 11) is 0. The Hall–Kier alpha value is -2.67. The number of carbonyl (C=O) groups excluding carboxylic acids is 1. The molecule has 1 saturated heterocycles. The lowest BCUT2D eigenvalue weighted by Crippen LogP contribution is -2.42. The number of rotatable bonds is 7. The lowest BCUT2D eigenvalue weighted by atomic mass is 10.0. The fourth-order valence-corrected chi connectivity index (χ4v) is 4.47. The zero-order chi connectivity index (χ0) is 21.1. The highest BCUT2D eigenvalue weighted by Gasteiger charge is 2.17. The molecule has 3 aromatic rings. The van der Waals surface area contributed by atoms with E-state index in [0.717, 1.165) is 18.6 Å². The van der Waals surface area contributed by atoms with Crippen LogP contribution in [0.3, 0.4) is 0 Å². The van der Waals surface area contributed by atoms with E-state index in [0.29, 0.717) is 43.0 Å². The lowest BCUT2D eigenvalue weighted by Gasteiger charge is -2.33. The molecule has 0 spiro atoms. The predicted octanol–water partition coefficient (Wildman–Crippen LogP) is 3.16. The van der Waals surface area contributed by atoms with Crippen LogP contribution in [-0.4, -0.2) is 45.5 Å². The van der Waals surface area contributed by atoms with Gasteiger partial charge in [0.1, 0.15) is 11.3 Å². The molecule has 30 heavy (non-hydrogen) atoms. The maximum atomic E-state index is 13.9. The van der Waals surface area contributed by atoms with Crippen LogP contribution in [-0.2, 0) is 11.3 Å². The topological polar surface area (TPSA) is 58.8 Å². The number of nitrogens with zero attached hydrogens (tertiary/aromatic N) is 3. The Morgan fingerprint density at radius 1 is 1.17 bits per heavy atom. The molecule has 1 amide bonds. The number of halogens is 1. The molecule has 6 nitrogen and oxygen atoms in total. The van der Waals surface area contributed by atoms with Gasteiger partial charge < -0.3 is 14.3 Å². The molecule has 0 aliphatic carbocycles. The number of fused-ring (bicyclic) bond motifs is 3. The largest absolute Gasteiger partial charge is 0.355 e. The Kier molecular flexibility index (Phi) is 6.18. The van der Waals surface area contributed by atoms with Crippen LogP contribution in [0.25, 0.3) is 16.6 Å². The third-order valence-corrected chi connectivity index (χ3v) is 6.15. The Bertz CT molecular complexity index is 1100. The van der Waals surface area contributed by atoms with Crippen molar-refractivity contribution in [2.75, 3.05) is 19.6 Å². The molecule has 1 atom stereocenters. The summed E-state index contributed by atoms with van der Waals surface area (Å²) in [4.78, 5) is 27.6. The smallest absolute Gasteiger partial charge is 0.275 e. The fourth-order valence-electron chi connectivity index (χ4n) is 4.47. The van der Waals surface area contributed by atoms with Crippen molar-refractivity contribution in [3.05, 3.63) is 52.7 Å². The van der Waals surface area contributed by atoms with Gasteiger partial charge in [0.2, 0.25) is 5.91 Å². The van der Waals surface area contributed by atoms with E-state index in [1.165, 1.54) is 31.4 Å². The number of amides is 1. The van der Waals surface area contributed by atoms with Crippen LogP contribution in [0.1, 0.15) is 39.0 Å². The zero-order valence-corrected chi connectivity index (χ0v) is 17.4. The predicted molar refractivity (Wildman–Crippen MR) is 116 cm³/mol. The third-order valence-electron chi connectivity index (χ3n) is 6.15. The fraction of sp³-hybridized carbons (Fsp3) is 0.478. The van der Waals surface area contributed by atoms with Crippen LogP contribution in [0, 0.1) is 5.82 Å². The molecular formula is C23H29FN4O2. The average Bonchev–Trinajstić information content (AvgIpc) is 3.22. The van der Waals surface area contributed by atoms with E-state index in [4.69, 9.17) is 0 Å². The van der Waals surface area contributed by atoms with E-state index < -0.39 is 0 Å². The number of piperidine rings is 1. The molecule has 4 rings (SSSR count). The number of nitrogens with one attached hydrogen (secondary N) is 1. The summed E-state index contributed by atoms with van der Waals surface area (Å²) in [5, 5.41) is 2.99. The third kappa shape index (κ3) is 4.26. The maximum Gasteiger partial charge on any atom is 0.275 e. The molecular weight excluding hydrogens is 383 g/mol. The first-order chi connectivity index (χ1) is 14.5. The molecule has 3 heterocycles. The number of aryl methyl sites for hydroxylation is 1. The number of carbonyl (C=O) groups is 1. The molecule has 1 aromatic carbocycles. The second kappa shape index (κ2) is 9.00. The SMILES string of the molecule is CC1CCCCN1CCNC(=O)CCCn1c(=O)c2cccn2c2ccc(F)cc21. The first kappa shape index (κ1) is 20.6. The molecule has 1 fully saturated rings. The molecule has 1 N–H and O–H groups in total. The van der Waals surface area contributed by atoms with Gasteiger partial charge in [-0.25, -0.2) is 4.39 Å². The average molecular weight is 413 g/mol. The van der Waals surface area contributed by atoms with E-state index in [1.54, 1.807) is 33.4 Å². The molecule has 7 heteroatoms. The van der Waals surface area contributed by atoms with Gasteiger partial charge >= 0.3 is 0 Å². The standard InChI is InChI=1S/C23H29FN4O2/c1-17-6-2-3-12-26(17)15-11-25-22(29)8-5-14-28-21-16-18(24)9-10-19(21)27-13-4-7-20(27)23(28)30/h4,7,9-10,13,16-17H,2-3,5-6,8,11-12,14-15H2,1H3,(H,25,29). The highest BCUT2D eigenvalue weighted by molar-refractivity contribution is 5.79. The first-order valence-electron chi connectivity index (χ1n) is 10.8. The minimum atomic E-state index is -0.383. The van der Waals surface area contributed by atoms with Gasteiger partial charge in [-0.3, -0.25) is 14.5 Å². The molecule has 0 radical (unpaired) electrons.